The second-order valence-electron chi connectivity index (χ2n) is 7.43. The van der Waals surface area contributed by atoms with Crippen LogP contribution in [0, 0.1) is 5.92 Å². The summed E-state index contributed by atoms with van der Waals surface area (Å²) >= 11 is 0. The van der Waals surface area contributed by atoms with Crippen molar-refractivity contribution in [2.45, 2.75) is 51.7 Å². The van der Waals surface area contributed by atoms with E-state index in [0.29, 0.717) is 6.61 Å². The van der Waals surface area contributed by atoms with E-state index in [1.807, 2.05) is 30.3 Å². The molecule has 0 saturated heterocycles. The Balaban J connectivity index is 1.51. The van der Waals surface area contributed by atoms with Crippen LogP contribution in [-0.4, -0.2) is 16.7 Å². The van der Waals surface area contributed by atoms with Crippen LogP contribution in [-0.2, 0) is 13.2 Å². The summed E-state index contributed by atoms with van der Waals surface area (Å²) in [6.45, 7) is 1.48. The molecule has 142 valence electrons. The molecule has 1 fully saturated rings. The van der Waals surface area contributed by atoms with Crippen molar-refractivity contribution in [2.75, 3.05) is 7.11 Å². The molecular weight excluding hydrogens is 336 g/mol. The largest absolute Gasteiger partial charge is 0.497 e. The maximum Gasteiger partial charge on any atom is 0.147 e. The quantitative estimate of drug-likeness (QED) is 0.548. The molecule has 27 heavy (non-hydrogen) atoms. The highest BCUT2D eigenvalue weighted by atomic mass is 16.5. The van der Waals surface area contributed by atoms with E-state index in [-0.39, 0.29) is 0 Å². The molecule has 0 radical (unpaired) electrons. The minimum Gasteiger partial charge on any atom is -0.497 e. The predicted octanol–water partition coefficient (Wildman–Crippen LogP) is 5.59. The van der Waals surface area contributed by atoms with Gasteiger partial charge in [0.25, 0.3) is 0 Å². The highest BCUT2D eigenvalue weighted by Gasteiger charge is 2.16. The fraction of sp³-hybridized carbons (Fsp3) is 0.435. The monoisotopic (exact) mass is 364 g/mol. The van der Waals surface area contributed by atoms with Crippen LogP contribution in [0.25, 0.3) is 11.0 Å². The molecule has 0 N–H and O–H groups in total. The first-order valence-corrected chi connectivity index (χ1v) is 10.0. The Morgan fingerprint density at radius 3 is 2.67 bits per heavy atom. The molecule has 1 aromatic heterocycles. The average molecular weight is 364 g/mol. The number of benzene rings is 2. The Hall–Kier alpha value is -2.49. The summed E-state index contributed by atoms with van der Waals surface area (Å²) in [5, 5.41) is 0. The van der Waals surface area contributed by atoms with Gasteiger partial charge in [0.15, 0.2) is 0 Å². The molecule has 0 unspecified atom stereocenters. The third-order valence-corrected chi connectivity index (χ3v) is 5.63. The zero-order chi connectivity index (χ0) is 18.5. The van der Waals surface area contributed by atoms with E-state index in [1.54, 1.807) is 7.11 Å². The molecule has 1 aliphatic rings. The maximum absolute atomic E-state index is 6.03. The molecule has 1 saturated carbocycles. The SMILES string of the molecule is COc1cccc(OCc2nc3ccccc3n2CCC2CCCCC2)c1. The van der Waals surface area contributed by atoms with Crippen molar-refractivity contribution in [2.24, 2.45) is 5.92 Å². The predicted molar refractivity (Wildman–Crippen MR) is 108 cm³/mol. The summed E-state index contributed by atoms with van der Waals surface area (Å²) < 4.78 is 13.7. The number of aromatic nitrogens is 2. The van der Waals surface area contributed by atoms with E-state index in [2.05, 4.69) is 22.8 Å². The van der Waals surface area contributed by atoms with E-state index in [0.717, 1.165) is 35.3 Å². The number of methoxy groups -OCH3 is 1. The van der Waals surface area contributed by atoms with Crippen molar-refractivity contribution in [1.82, 2.24) is 9.55 Å². The second kappa shape index (κ2) is 8.47. The minimum absolute atomic E-state index is 0.465. The van der Waals surface area contributed by atoms with Gasteiger partial charge in [0.05, 0.1) is 18.1 Å². The normalized spacial score (nSPS) is 15.1. The summed E-state index contributed by atoms with van der Waals surface area (Å²) in [5.74, 6) is 3.46. The number of imidazole rings is 1. The number of nitrogens with zero attached hydrogens (tertiary/aromatic N) is 2. The van der Waals surface area contributed by atoms with Crippen LogP contribution >= 0.6 is 0 Å². The van der Waals surface area contributed by atoms with Gasteiger partial charge < -0.3 is 14.0 Å². The van der Waals surface area contributed by atoms with Crippen molar-refractivity contribution in [3.05, 3.63) is 54.4 Å². The van der Waals surface area contributed by atoms with Crippen molar-refractivity contribution < 1.29 is 9.47 Å². The number of para-hydroxylation sites is 2. The Morgan fingerprint density at radius 2 is 1.81 bits per heavy atom. The minimum atomic E-state index is 0.465. The molecule has 3 aromatic rings. The second-order valence-corrected chi connectivity index (χ2v) is 7.43. The summed E-state index contributed by atoms with van der Waals surface area (Å²) in [6, 6.07) is 16.1. The van der Waals surface area contributed by atoms with Gasteiger partial charge in [-0.3, -0.25) is 0 Å². The number of aryl methyl sites for hydroxylation is 1. The Kier molecular flexibility index (Phi) is 5.61. The Labute approximate surface area is 161 Å². The van der Waals surface area contributed by atoms with Crippen LogP contribution in [0.1, 0.15) is 44.3 Å². The van der Waals surface area contributed by atoms with Gasteiger partial charge in [0.1, 0.15) is 23.9 Å². The molecule has 0 aliphatic heterocycles. The zero-order valence-corrected chi connectivity index (χ0v) is 16.1. The molecule has 1 aliphatic carbocycles. The third kappa shape index (κ3) is 4.26. The lowest BCUT2D eigenvalue weighted by molar-refractivity contribution is 0.281. The number of rotatable bonds is 7. The lowest BCUT2D eigenvalue weighted by Crippen LogP contribution is -2.13. The molecule has 4 rings (SSSR count). The van der Waals surface area contributed by atoms with Gasteiger partial charge in [-0.1, -0.05) is 50.3 Å². The molecular formula is C23H28N2O2. The van der Waals surface area contributed by atoms with Gasteiger partial charge >= 0.3 is 0 Å². The first-order chi connectivity index (χ1) is 13.3. The van der Waals surface area contributed by atoms with Crippen molar-refractivity contribution >= 4 is 11.0 Å². The van der Waals surface area contributed by atoms with E-state index in [4.69, 9.17) is 14.5 Å². The van der Waals surface area contributed by atoms with Crippen molar-refractivity contribution in [3.8, 4) is 11.5 Å². The summed E-state index contributed by atoms with van der Waals surface area (Å²) in [5.41, 5.74) is 2.25. The number of fused-ring (bicyclic) bond motifs is 1. The first kappa shape index (κ1) is 17.9. The first-order valence-electron chi connectivity index (χ1n) is 10.0. The summed E-state index contributed by atoms with van der Waals surface area (Å²) in [6.07, 6.45) is 8.17. The molecule has 1 heterocycles. The molecule has 4 heteroatoms. The Bertz CT molecular complexity index is 881. The fourth-order valence-corrected chi connectivity index (χ4v) is 4.11. The lowest BCUT2D eigenvalue weighted by atomic mass is 9.87. The van der Waals surface area contributed by atoms with Gasteiger partial charge in [-0.05, 0) is 36.6 Å². The number of ether oxygens (including phenoxy) is 2. The average Bonchev–Trinajstić information content (AvgIpc) is 3.09. The molecule has 2 aromatic carbocycles. The summed E-state index contributed by atoms with van der Waals surface area (Å²) in [4.78, 5) is 4.84. The van der Waals surface area contributed by atoms with Crippen LogP contribution in [0.3, 0.4) is 0 Å². The molecule has 0 atom stereocenters. The molecule has 0 spiro atoms. The van der Waals surface area contributed by atoms with Crippen molar-refractivity contribution in [1.29, 1.82) is 0 Å². The third-order valence-electron chi connectivity index (χ3n) is 5.63. The zero-order valence-electron chi connectivity index (χ0n) is 16.1. The van der Waals surface area contributed by atoms with Crippen LogP contribution in [0.15, 0.2) is 48.5 Å². The van der Waals surface area contributed by atoms with Gasteiger partial charge in [0, 0.05) is 12.6 Å². The van der Waals surface area contributed by atoms with E-state index < -0.39 is 0 Å². The van der Waals surface area contributed by atoms with Gasteiger partial charge in [-0.15, -0.1) is 0 Å². The van der Waals surface area contributed by atoms with E-state index in [1.165, 1.54) is 44.0 Å². The molecule has 0 bridgehead atoms. The van der Waals surface area contributed by atoms with Gasteiger partial charge in [-0.25, -0.2) is 4.98 Å². The number of hydrogen-bond donors (Lipinski definition) is 0. The van der Waals surface area contributed by atoms with Crippen molar-refractivity contribution in [3.63, 3.8) is 0 Å². The van der Waals surface area contributed by atoms with Crippen LogP contribution < -0.4 is 9.47 Å². The lowest BCUT2D eigenvalue weighted by Gasteiger charge is -2.22. The van der Waals surface area contributed by atoms with E-state index >= 15 is 0 Å². The van der Waals surface area contributed by atoms with Crippen LogP contribution in [0.2, 0.25) is 0 Å². The summed E-state index contributed by atoms with van der Waals surface area (Å²) in [7, 11) is 1.67. The van der Waals surface area contributed by atoms with E-state index in [9.17, 15) is 0 Å². The smallest absolute Gasteiger partial charge is 0.147 e. The molecule has 4 nitrogen and oxygen atoms in total. The van der Waals surface area contributed by atoms with Gasteiger partial charge in [0.2, 0.25) is 0 Å². The topological polar surface area (TPSA) is 36.3 Å². The standard InChI is InChI=1S/C23H28N2O2/c1-26-19-10-7-11-20(16-19)27-17-23-24-21-12-5-6-13-22(21)25(23)15-14-18-8-3-2-4-9-18/h5-7,10-13,16,18H,2-4,8-9,14-15,17H2,1H3. The highest BCUT2D eigenvalue weighted by molar-refractivity contribution is 5.75. The Morgan fingerprint density at radius 1 is 1.00 bits per heavy atom. The van der Waals surface area contributed by atoms with Crippen LogP contribution in [0.5, 0.6) is 11.5 Å². The number of hydrogen-bond acceptors (Lipinski definition) is 3. The highest BCUT2D eigenvalue weighted by Crippen LogP contribution is 2.28. The maximum atomic E-state index is 6.03. The van der Waals surface area contributed by atoms with Gasteiger partial charge in [-0.2, -0.15) is 0 Å². The molecule has 0 amide bonds. The van der Waals surface area contributed by atoms with Crippen LogP contribution in [0.4, 0.5) is 0 Å². The fourth-order valence-electron chi connectivity index (χ4n) is 4.11.